The molecule has 0 aliphatic carbocycles. The first-order valence-electron chi connectivity index (χ1n) is 8.45. The minimum absolute atomic E-state index is 0.279. The third-order valence-corrected chi connectivity index (χ3v) is 3.56. The smallest absolute Gasteiger partial charge is 0.347 e. The van der Waals surface area contributed by atoms with Crippen molar-refractivity contribution in [2.75, 3.05) is 6.61 Å². The first-order chi connectivity index (χ1) is 12.9. The molecular formula is C20H22N2O5. The Bertz CT molecular complexity index is 775. The molecule has 0 aromatic heterocycles. The van der Waals surface area contributed by atoms with Gasteiger partial charge in [0.25, 0.3) is 5.91 Å². The van der Waals surface area contributed by atoms with E-state index < -0.39 is 30.6 Å². The molecule has 27 heavy (non-hydrogen) atoms. The second kappa shape index (κ2) is 9.96. The van der Waals surface area contributed by atoms with Crippen LogP contribution in [-0.4, -0.2) is 30.6 Å². The van der Waals surface area contributed by atoms with E-state index in [1.54, 1.807) is 12.1 Å². The van der Waals surface area contributed by atoms with Crippen LogP contribution in [-0.2, 0) is 20.9 Å². The van der Waals surface area contributed by atoms with Crippen LogP contribution in [0, 0.1) is 6.92 Å². The molecule has 3 amide bonds. The summed E-state index contributed by atoms with van der Waals surface area (Å²) in [5.41, 5.74) is 1.97. The van der Waals surface area contributed by atoms with Crippen LogP contribution in [0.4, 0.5) is 4.79 Å². The van der Waals surface area contributed by atoms with Gasteiger partial charge in [-0.1, -0.05) is 48.0 Å². The van der Waals surface area contributed by atoms with Gasteiger partial charge in [-0.3, -0.25) is 10.1 Å². The van der Waals surface area contributed by atoms with Crippen LogP contribution in [0.5, 0.6) is 5.75 Å². The second-order valence-corrected chi connectivity index (χ2v) is 5.90. The van der Waals surface area contributed by atoms with Gasteiger partial charge in [-0.2, -0.15) is 0 Å². The Labute approximate surface area is 157 Å². The number of nitrogens with one attached hydrogen (secondary N) is 2. The van der Waals surface area contributed by atoms with E-state index in [0.717, 1.165) is 11.1 Å². The first-order valence-corrected chi connectivity index (χ1v) is 8.45. The zero-order chi connectivity index (χ0) is 19.6. The van der Waals surface area contributed by atoms with Gasteiger partial charge in [-0.05, 0) is 31.5 Å². The maximum Gasteiger partial charge on any atom is 0.347 e. The molecule has 1 unspecified atom stereocenters. The van der Waals surface area contributed by atoms with Crippen molar-refractivity contribution in [3.63, 3.8) is 0 Å². The highest BCUT2D eigenvalue weighted by atomic mass is 16.6. The number of carbonyl (C=O) groups excluding carboxylic acids is 3. The van der Waals surface area contributed by atoms with E-state index in [-0.39, 0.29) is 6.54 Å². The minimum Gasteiger partial charge on any atom is -0.479 e. The number of urea groups is 1. The normalized spacial score (nSPS) is 11.2. The molecule has 0 saturated heterocycles. The SMILES string of the molecule is Cc1ccc(OC(C)C(=O)OCC(=O)NC(=O)NCc2ccccc2)cc1. The van der Waals surface area contributed by atoms with Gasteiger partial charge < -0.3 is 14.8 Å². The van der Waals surface area contributed by atoms with E-state index in [0.29, 0.717) is 5.75 Å². The van der Waals surface area contributed by atoms with Gasteiger partial charge in [0.05, 0.1) is 0 Å². The Morgan fingerprint density at radius 3 is 2.33 bits per heavy atom. The number of ether oxygens (including phenoxy) is 2. The Morgan fingerprint density at radius 1 is 1.00 bits per heavy atom. The Morgan fingerprint density at radius 2 is 1.67 bits per heavy atom. The van der Waals surface area contributed by atoms with Gasteiger partial charge in [0.15, 0.2) is 12.7 Å². The number of carbonyl (C=O) groups is 3. The molecule has 0 saturated carbocycles. The van der Waals surface area contributed by atoms with Crippen LogP contribution in [0.1, 0.15) is 18.1 Å². The number of esters is 1. The fourth-order valence-electron chi connectivity index (χ4n) is 2.11. The van der Waals surface area contributed by atoms with Gasteiger partial charge in [0.2, 0.25) is 0 Å². The molecule has 2 aromatic rings. The second-order valence-electron chi connectivity index (χ2n) is 5.90. The van der Waals surface area contributed by atoms with E-state index in [1.807, 2.05) is 49.4 Å². The largest absolute Gasteiger partial charge is 0.479 e. The summed E-state index contributed by atoms with van der Waals surface area (Å²) in [6.45, 7) is 3.17. The van der Waals surface area contributed by atoms with Crippen molar-refractivity contribution in [1.29, 1.82) is 0 Å². The fourth-order valence-corrected chi connectivity index (χ4v) is 2.11. The standard InChI is InChI=1S/C20H22N2O5/c1-14-8-10-17(11-9-14)27-15(2)19(24)26-13-18(23)22-20(25)21-12-16-6-4-3-5-7-16/h3-11,15H,12-13H2,1-2H3,(H2,21,22,23,25). The number of benzene rings is 2. The van der Waals surface area contributed by atoms with E-state index in [2.05, 4.69) is 10.6 Å². The van der Waals surface area contributed by atoms with Crippen molar-refractivity contribution >= 4 is 17.9 Å². The molecule has 0 aliphatic heterocycles. The Hall–Kier alpha value is -3.35. The zero-order valence-electron chi connectivity index (χ0n) is 15.2. The average molecular weight is 370 g/mol. The van der Waals surface area contributed by atoms with Gasteiger partial charge in [0.1, 0.15) is 5.75 Å². The summed E-state index contributed by atoms with van der Waals surface area (Å²) in [4.78, 5) is 35.3. The molecule has 0 heterocycles. The number of aryl methyl sites for hydroxylation is 1. The predicted molar refractivity (Wildman–Crippen MR) is 99.0 cm³/mol. The van der Waals surface area contributed by atoms with Crippen molar-refractivity contribution in [2.24, 2.45) is 0 Å². The monoisotopic (exact) mass is 370 g/mol. The lowest BCUT2D eigenvalue weighted by Crippen LogP contribution is -2.41. The fraction of sp³-hybridized carbons (Fsp3) is 0.250. The lowest BCUT2D eigenvalue weighted by Gasteiger charge is -2.14. The number of amides is 3. The summed E-state index contributed by atoms with van der Waals surface area (Å²) in [6.07, 6.45) is -0.882. The van der Waals surface area contributed by atoms with Crippen LogP contribution < -0.4 is 15.4 Å². The third kappa shape index (κ3) is 7.19. The molecule has 142 valence electrons. The molecule has 2 N–H and O–H groups in total. The van der Waals surface area contributed by atoms with Crippen LogP contribution in [0.2, 0.25) is 0 Å². The number of imide groups is 1. The zero-order valence-corrected chi connectivity index (χ0v) is 15.2. The molecule has 0 spiro atoms. The molecule has 1 atom stereocenters. The molecular weight excluding hydrogens is 348 g/mol. The van der Waals surface area contributed by atoms with Crippen LogP contribution in [0.15, 0.2) is 54.6 Å². The number of hydrogen-bond acceptors (Lipinski definition) is 5. The van der Waals surface area contributed by atoms with Gasteiger partial charge in [-0.25, -0.2) is 9.59 Å². The molecule has 0 fully saturated rings. The quantitative estimate of drug-likeness (QED) is 0.730. The van der Waals surface area contributed by atoms with Crippen molar-refractivity contribution in [1.82, 2.24) is 10.6 Å². The predicted octanol–water partition coefficient (Wildman–Crippen LogP) is 2.33. The molecule has 7 heteroatoms. The summed E-state index contributed by atoms with van der Waals surface area (Å²) < 4.78 is 10.3. The summed E-state index contributed by atoms with van der Waals surface area (Å²) in [5.74, 6) is -0.901. The van der Waals surface area contributed by atoms with Crippen molar-refractivity contribution in [2.45, 2.75) is 26.5 Å². The molecule has 0 bridgehead atoms. The highest BCUT2D eigenvalue weighted by molar-refractivity contribution is 5.95. The topological polar surface area (TPSA) is 93.7 Å². The van der Waals surface area contributed by atoms with Gasteiger partial charge >= 0.3 is 12.0 Å². The minimum atomic E-state index is -0.882. The van der Waals surface area contributed by atoms with Crippen LogP contribution in [0.3, 0.4) is 0 Å². The van der Waals surface area contributed by atoms with Crippen molar-refractivity contribution in [3.8, 4) is 5.75 Å². The highest BCUT2D eigenvalue weighted by Gasteiger charge is 2.18. The first kappa shape index (κ1) is 20.0. The lowest BCUT2D eigenvalue weighted by atomic mass is 10.2. The third-order valence-electron chi connectivity index (χ3n) is 3.56. The van der Waals surface area contributed by atoms with E-state index in [4.69, 9.17) is 9.47 Å². The number of hydrogen-bond donors (Lipinski definition) is 2. The number of rotatable bonds is 7. The lowest BCUT2D eigenvalue weighted by molar-refractivity contribution is -0.154. The van der Waals surface area contributed by atoms with E-state index in [1.165, 1.54) is 6.92 Å². The molecule has 0 radical (unpaired) electrons. The van der Waals surface area contributed by atoms with Crippen LogP contribution >= 0.6 is 0 Å². The summed E-state index contributed by atoms with van der Waals surface area (Å²) >= 11 is 0. The molecule has 2 aromatic carbocycles. The Kier molecular flexibility index (Phi) is 7.37. The molecule has 2 rings (SSSR count). The maximum atomic E-state index is 11.9. The van der Waals surface area contributed by atoms with E-state index in [9.17, 15) is 14.4 Å². The maximum absolute atomic E-state index is 11.9. The summed E-state index contributed by atoms with van der Waals surface area (Å²) in [5, 5.41) is 4.63. The summed E-state index contributed by atoms with van der Waals surface area (Å²) in [7, 11) is 0. The van der Waals surface area contributed by atoms with Crippen molar-refractivity contribution in [3.05, 3.63) is 65.7 Å². The Balaban J connectivity index is 1.68. The molecule has 0 aliphatic rings. The summed E-state index contributed by atoms with van der Waals surface area (Å²) in [6, 6.07) is 15.8. The van der Waals surface area contributed by atoms with E-state index >= 15 is 0 Å². The van der Waals surface area contributed by atoms with Crippen LogP contribution in [0.25, 0.3) is 0 Å². The van der Waals surface area contributed by atoms with Gasteiger partial charge in [0, 0.05) is 6.54 Å². The van der Waals surface area contributed by atoms with Crippen molar-refractivity contribution < 1.29 is 23.9 Å². The van der Waals surface area contributed by atoms with Gasteiger partial charge in [-0.15, -0.1) is 0 Å². The molecule has 7 nitrogen and oxygen atoms in total. The highest BCUT2D eigenvalue weighted by Crippen LogP contribution is 2.13. The average Bonchev–Trinajstić information content (AvgIpc) is 2.67.